The van der Waals surface area contributed by atoms with E-state index in [1.54, 1.807) is 0 Å². The molecule has 1 aliphatic rings. The van der Waals surface area contributed by atoms with Crippen molar-refractivity contribution in [3.05, 3.63) is 0 Å². The van der Waals surface area contributed by atoms with Gasteiger partial charge in [-0.2, -0.15) is 0 Å². The van der Waals surface area contributed by atoms with Crippen LogP contribution in [0.5, 0.6) is 0 Å². The molecule has 0 amide bonds. The Morgan fingerprint density at radius 3 is 2.71 bits per heavy atom. The van der Waals surface area contributed by atoms with E-state index in [-0.39, 0.29) is 18.5 Å². The maximum absolute atomic E-state index is 10.0. The van der Waals surface area contributed by atoms with Crippen LogP contribution in [0.25, 0.3) is 0 Å². The maximum Gasteiger partial charge on any atom is 0.335 e. The van der Waals surface area contributed by atoms with Crippen molar-refractivity contribution in [1.29, 1.82) is 0 Å². The van der Waals surface area contributed by atoms with Crippen LogP contribution in [0.2, 0.25) is 0 Å². The summed E-state index contributed by atoms with van der Waals surface area (Å²) in [4.78, 5) is 13.5. The van der Waals surface area contributed by atoms with Gasteiger partial charge in [-0.1, -0.05) is 0 Å². The van der Waals surface area contributed by atoms with Gasteiger partial charge in [0, 0.05) is 0 Å². The van der Waals surface area contributed by atoms with Crippen LogP contribution in [-0.4, -0.2) is 18.5 Å². The van der Waals surface area contributed by atoms with E-state index < -0.39 is 0 Å². The van der Waals surface area contributed by atoms with Gasteiger partial charge in [-0.3, -0.25) is 0 Å². The van der Waals surface area contributed by atoms with Gasteiger partial charge in [0.25, 0.3) is 6.02 Å². The Morgan fingerprint density at radius 2 is 2.57 bits per heavy atom. The Morgan fingerprint density at radius 1 is 1.86 bits per heavy atom. The van der Waals surface area contributed by atoms with E-state index in [0.29, 0.717) is 0 Å². The van der Waals surface area contributed by atoms with E-state index in [2.05, 4.69) is 9.73 Å². The molecule has 0 spiro atoms. The number of hydrogen-bond acceptors (Lipinski definition) is 4. The minimum absolute atomic E-state index is 0.0231. The molecule has 0 fully saturated rings. The van der Waals surface area contributed by atoms with E-state index in [0.717, 1.165) is 0 Å². The predicted octanol–water partition coefficient (Wildman–Crippen LogP) is -1.14. The standard InChI is InChI=1S/C3H4N2O2/c4-3-5-1-2(6)7-3/h1H2,(H2,4,5). The number of esters is 1. The molecule has 0 radical (unpaired) electrons. The van der Waals surface area contributed by atoms with Crippen LogP contribution < -0.4 is 5.73 Å². The lowest BCUT2D eigenvalue weighted by atomic mass is 10.7. The highest BCUT2D eigenvalue weighted by atomic mass is 16.6. The van der Waals surface area contributed by atoms with Crippen LogP contribution in [-0.2, 0) is 9.53 Å². The van der Waals surface area contributed by atoms with E-state index in [1.807, 2.05) is 0 Å². The number of aliphatic imine (C=N–C) groups is 1. The van der Waals surface area contributed by atoms with Gasteiger partial charge in [0.15, 0.2) is 0 Å². The van der Waals surface area contributed by atoms with Crippen LogP contribution in [0.3, 0.4) is 0 Å². The molecule has 0 aromatic carbocycles. The molecule has 38 valence electrons. The number of carbonyl (C=O) groups is 1. The highest BCUT2D eigenvalue weighted by Crippen LogP contribution is 1.88. The first-order valence-corrected chi connectivity index (χ1v) is 1.79. The number of hydrogen-bond donors (Lipinski definition) is 1. The zero-order valence-corrected chi connectivity index (χ0v) is 3.55. The maximum atomic E-state index is 10.0. The molecule has 0 aromatic heterocycles. The summed E-state index contributed by atoms with van der Waals surface area (Å²) in [6, 6.07) is -0.0231. The van der Waals surface area contributed by atoms with Crippen LogP contribution in [0.1, 0.15) is 0 Å². The van der Waals surface area contributed by atoms with Gasteiger partial charge >= 0.3 is 5.97 Å². The molecule has 0 bridgehead atoms. The molecule has 0 aromatic rings. The van der Waals surface area contributed by atoms with Crippen LogP contribution in [0.4, 0.5) is 0 Å². The Kier molecular flexibility index (Phi) is 0.714. The molecule has 0 atom stereocenters. The van der Waals surface area contributed by atoms with Crippen LogP contribution in [0.15, 0.2) is 4.99 Å². The largest absolute Gasteiger partial charge is 0.392 e. The quantitative estimate of drug-likeness (QED) is 0.391. The van der Waals surface area contributed by atoms with Gasteiger partial charge in [0.05, 0.1) is 0 Å². The SMILES string of the molecule is NC1=NCC(=O)O1. The molecule has 1 aliphatic heterocycles. The van der Waals surface area contributed by atoms with Crippen molar-refractivity contribution in [3.63, 3.8) is 0 Å². The van der Waals surface area contributed by atoms with Gasteiger partial charge in [-0.25, -0.2) is 9.79 Å². The molecular formula is C3H4N2O2. The third-order valence-electron chi connectivity index (χ3n) is 0.582. The Balaban J connectivity index is 2.58. The summed E-state index contributed by atoms with van der Waals surface area (Å²) in [6.07, 6.45) is 0. The zero-order valence-electron chi connectivity index (χ0n) is 3.55. The van der Waals surface area contributed by atoms with Gasteiger partial charge in [0.2, 0.25) is 0 Å². The number of nitrogens with zero attached hydrogens (tertiary/aromatic N) is 1. The molecule has 4 heteroatoms. The number of ether oxygens (including phenoxy) is 1. The lowest BCUT2D eigenvalue weighted by Gasteiger charge is -1.84. The smallest absolute Gasteiger partial charge is 0.335 e. The van der Waals surface area contributed by atoms with E-state index in [4.69, 9.17) is 5.73 Å². The first-order chi connectivity index (χ1) is 3.29. The summed E-state index contributed by atoms with van der Waals surface area (Å²) in [6.45, 7) is 0.0752. The van der Waals surface area contributed by atoms with Crippen molar-refractivity contribution in [2.45, 2.75) is 0 Å². The normalized spacial score (nSPS) is 18.9. The van der Waals surface area contributed by atoms with Crippen molar-refractivity contribution in [2.75, 3.05) is 6.54 Å². The van der Waals surface area contributed by atoms with Gasteiger partial charge in [-0.15, -0.1) is 0 Å². The second kappa shape index (κ2) is 1.22. The third kappa shape index (κ3) is 0.677. The minimum atomic E-state index is -0.377. The fourth-order valence-electron chi connectivity index (χ4n) is 0.324. The second-order valence-corrected chi connectivity index (χ2v) is 1.13. The Labute approximate surface area is 40.0 Å². The van der Waals surface area contributed by atoms with Crippen molar-refractivity contribution >= 4 is 12.0 Å². The minimum Gasteiger partial charge on any atom is -0.392 e. The second-order valence-electron chi connectivity index (χ2n) is 1.13. The highest BCUT2D eigenvalue weighted by Gasteiger charge is 2.10. The molecule has 2 N–H and O–H groups in total. The van der Waals surface area contributed by atoms with Crippen LogP contribution >= 0.6 is 0 Å². The average molecular weight is 100 g/mol. The highest BCUT2D eigenvalue weighted by molar-refractivity contribution is 5.92. The molecule has 1 rings (SSSR count). The first-order valence-electron chi connectivity index (χ1n) is 1.79. The van der Waals surface area contributed by atoms with E-state index in [9.17, 15) is 4.79 Å². The predicted molar refractivity (Wildman–Crippen MR) is 22.6 cm³/mol. The lowest BCUT2D eigenvalue weighted by Crippen LogP contribution is -2.13. The van der Waals surface area contributed by atoms with Crippen molar-refractivity contribution in [1.82, 2.24) is 0 Å². The lowest BCUT2D eigenvalue weighted by molar-refractivity contribution is -0.132. The molecule has 1 heterocycles. The zero-order chi connectivity index (χ0) is 5.28. The topological polar surface area (TPSA) is 64.7 Å². The molecule has 7 heavy (non-hydrogen) atoms. The summed E-state index contributed by atoms with van der Waals surface area (Å²) in [5.74, 6) is -0.377. The number of amidine groups is 1. The molecule has 0 aliphatic carbocycles. The number of rotatable bonds is 0. The molecule has 4 nitrogen and oxygen atoms in total. The Hall–Kier alpha value is -1.06. The van der Waals surface area contributed by atoms with E-state index >= 15 is 0 Å². The molecular weight excluding hydrogens is 96.0 g/mol. The monoisotopic (exact) mass is 100 g/mol. The number of carbonyl (C=O) groups excluding carboxylic acids is 1. The molecule has 0 saturated heterocycles. The fraction of sp³-hybridized carbons (Fsp3) is 0.333. The Bertz CT molecular complexity index is 129. The van der Waals surface area contributed by atoms with Gasteiger partial charge < -0.3 is 10.5 Å². The summed E-state index contributed by atoms with van der Waals surface area (Å²) in [5.41, 5.74) is 4.93. The summed E-state index contributed by atoms with van der Waals surface area (Å²) >= 11 is 0. The molecule has 0 unspecified atom stereocenters. The third-order valence-corrected chi connectivity index (χ3v) is 0.582. The molecule has 0 saturated carbocycles. The summed E-state index contributed by atoms with van der Waals surface area (Å²) in [5, 5.41) is 0. The van der Waals surface area contributed by atoms with Crippen molar-refractivity contribution < 1.29 is 9.53 Å². The number of nitrogens with two attached hydrogens (primary N) is 1. The van der Waals surface area contributed by atoms with Crippen LogP contribution in [0, 0.1) is 0 Å². The van der Waals surface area contributed by atoms with Gasteiger partial charge in [-0.05, 0) is 0 Å². The van der Waals surface area contributed by atoms with E-state index in [1.165, 1.54) is 0 Å². The van der Waals surface area contributed by atoms with Gasteiger partial charge in [0.1, 0.15) is 6.54 Å². The summed E-state index contributed by atoms with van der Waals surface area (Å²) < 4.78 is 4.25. The van der Waals surface area contributed by atoms with Crippen molar-refractivity contribution in [3.8, 4) is 0 Å². The fourth-order valence-corrected chi connectivity index (χ4v) is 0.324. The summed E-state index contributed by atoms with van der Waals surface area (Å²) in [7, 11) is 0. The first kappa shape index (κ1) is 4.11. The number of cyclic esters (lactones) is 1. The van der Waals surface area contributed by atoms with Crippen molar-refractivity contribution in [2.24, 2.45) is 10.7 Å². The average Bonchev–Trinajstić information content (AvgIpc) is 1.87.